The van der Waals surface area contributed by atoms with Crippen molar-refractivity contribution < 1.29 is 18.3 Å². The number of anilines is 1. The Kier molecular flexibility index (Phi) is 7.07. The van der Waals surface area contributed by atoms with Gasteiger partial charge in [-0.1, -0.05) is 25.8 Å². The van der Waals surface area contributed by atoms with Gasteiger partial charge in [0.2, 0.25) is 10.0 Å². The van der Waals surface area contributed by atoms with Gasteiger partial charge < -0.3 is 10.4 Å². The monoisotopic (exact) mass is 326 g/mol. The van der Waals surface area contributed by atoms with E-state index < -0.39 is 16.0 Å². The quantitative estimate of drug-likeness (QED) is 0.453. The maximum Gasteiger partial charge on any atom is 0.335 e. The van der Waals surface area contributed by atoms with E-state index in [0.29, 0.717) is 12.2 Å². The van der Waals surface area contributed by atoms with E-state index in [1.165, 1.54) is 18.2 Å². The van der Waals surface area contributed by atoms with Crippen LogP contribution in [-0.2, 0) is 10.0 Å². The highest BCUT2D eigenvalue weighted by molar-refractivity contribution is 7.89. The zero-order chi connectivity index (χ0) is 16.6. The molecule has 1 aromatic rings. The summed E-state index contributed by atoms with van der Waals surface area (Å²) in [6, 6.07) is 4.03. The number of aromatic carboxylic acids is 1. The lowest BCUT2D eigenvalue weighted by Gasteiger charge is -2.13. The van der Waals surface area contributed by atoms with E-state index in [1.54, 1.807) is 0 Å². The summed E-state index contributed by atoms with van der Waals surface area (Å²) in [6.45, 7) is 6.25. The number of carbonyl (C=O) groups is 1. The normalized spacial score (nSPS) is 11.1. The third-order valence-corrected chi connectivity index (χ3v) is 4.50. The Morgan fingerprint density at radius 3 is 2.68 bits per heavy atom. The Morgan fingerprint density at radius 2 is 2.09 bits per heavy atom. The lowest BCUT2D eigenvalue weighted by atomic mass is 10.2. The van der Waals surface area contributed by atoms with Gasteiger partial charge in [-0.2, -0.15) is 0 Å². The molecule has 0 aromatic heterocycles. The van der Waals surface area contributed by atoms with E-state index in [-0.39, 0.29) is 17.0 Å². The SMILES string of the molecule is C=CCNS(=O)(=O)c1cc(C(=O)O)ccc1NCCCCC. The molecular formula is C15H22N2O4S. The first kappa shape index (κ1) is 18.2. The third kappa shape index (κ3) is 5.16. The van der Waals surface area contributed by atoms with Crippen LogP contribution < -0.4 is 10.0 Å². The van der Waals surface area contributed by atoms with Crippen molar-refractivity contribution in [1.29, 1.82) is 0 Å². The zero-order valence-electron chi connectivity index (χ0n) is 12.6. The van der Waals surface area contributed by atoms with Gasteiger partial charge in [-0.15, -0.1) is 6.58 Å². The molecule has 122 valence electrons. The molecular weight excluding hydrogens is 304 g/mol. The fourth-order valence-corrected chi connectivity index (χ4v) is 3.07. The fourth-order valence-electron chi connectivity index (χ4n) is 1.87. The van der Waals surface area contributed by atoms with Crippen molar-refractivity contribution in [1.82, 2.24) is 4.72 Å². The van der Waals surface area contributed by atoms with Crippen molar-refractivity contribution in [2.24, 2.45) is 0 Å². The summed E-state index contributed by atoms with van der Waals surface area (Å²) in [4.78, 5) is 11.0. The Bertz CT molecular complexity index is 626. The van der Waals surface area contributed by atoms with Gasteiger partial charge in [0.15, 0.2) is 0 Å². The van der Waals surface area contributed by atoms with Crippen molar-refractivity contribution in [2.75, 3.05) is 18.4 Å². The molecule has 7 heteroatoms. The lowest BCUT2D eigenvalue weighted by Crippen LogP contribution is -2.25. The first-order valence-electron chi connectivity index (χ1n) is 7.14. The van der Waals surface area contributed by atoms with Crippen LogP contribution in [0.15, 0.2) is 35.7 Å². The molecule has 0 unspecified atom stereocenters. The average Bonchev–Trinajstić information content (AvgIpc) is 2.49. The lowest BCUT2D eigenvalue weighted by molar-refractivity contribution is 0.0696. The second-order valence-electron chi connectivity index (χ2n) is 4.79. The molecule has 3 N–H and O–H groups in total. The van der Waals surface area contributed by atoms with E-state index in [1.807, 2.05) is 0 Å². The Hall–Kier alpha value is -1.86. The highest BCUT2D eigenvalue weighted by Crippen LogP contribution is 2.23. The molecule has 0 aliphatic carbocycles. The smallest absolute Gasteiger partial charge is 0.335 e. The standard InChI is InChI=1S/C15H22N2O4S/c1-3-5-6-10-16-13-8-7-12(15(18)19)11-14(13)22(20,21)17-9-4-2/h4,7-8,11,16-17H,2-3,5-6,9-10H2,1H3,(H,18,19). The van der Waals surface area contributed by atoms with Crippen LogP contribution >= 0.6 is 0 Å². The molecule has 22 heavy (non-hydrogen) atoms. The Morgan fingerprint density at radius 1 is 1.36 bits per heavy atom. The zero-order valence-corrected chi connectivity index (χ0v) is 13.4. The van der Waals surface area contributed by atoms with Crippen LogP contribution in [0, 0.1) is 0 Å². The van der Waals surface area contributed by atoms with E-state index in [2.05, 4.69) is 23.5 Å². The summed E-state index contributed by atoms with van der Waals surface area (Å²) in [5.74, 6) is -1.17. The number of sulfonamides is 1. The third-order valence-electron chi connectivity index (χ3n) is 3.03. The van der Waals surface area contributed by atoms with Gasteiger partial charge in [-0.25, -0.2) is 17.9 Å². The van der Waals surface area contributed by atoms with Crippen molar-refractivity contribution in [3.05, 3.63) is 36.4 Å². The number of hydrogen-bond acceptors (Lipinski definition) is 4. The van der Waals surface area contributed by atoms with Gasteiger partial charge in [-0.05, 0) is 24.6 Å². The molecule has 0 saturated carbocycles. The molecule has 6 nitrogen and oxygen atoms in total. The Labute approximate surface area is 131 Å². The summed E-state index contributed by atoms with van der Waals surface area (Å²) in [5, 5.41) is 12.1. The molecule has 0 saturated heterocycles. The van der Waals surface area contributed by atoms with Crippen LogP contribution in [0.2, 0.25) is 0 Å². The minimum Gasteiger partial charge on any atom is -0.478 e. The molecule has 0 radical (unpaired) electrons. The van der Waals surface area contributed by atoms with Gasteiger partial charge in [0.1, 0.15) is 4.90 Å². The highest BCUT2D eigenvalue weighted by Gasteiger charge is 2.20. The van der Waals surface area contributed by atoms with Gasteiger partial charge >= 0.3 is 5.97 Å². The average molecular weight is 326 g/mol. The topological polar surface area (TPSA) is 95.5 Å². The molecule has 1 rings (SSSR count). The number of rotatable bonds is 10. The summed E-state index contributed by atoms with van der Waals surface area (Å²) in [5.41, 5.74) is 0.329. The van der Waals surface area contributed by atoms with Crippen molar-refractivity contribution >= 4 is 21.7 Å². The van der Waals surface area contributed by atoms with Gasteiger partial charge in [0.05, 0.1) is 11.3 Å². The van der Waals surface area contributed by atoms with E-state index >= 15 is 0 Å². The number of hydrogen-bond donors (Lipinski definition) is 3. The summed E-state index contributed by atoms with van der Waals surface area (Å²) >= 11 is 0. The number of benzene rings is 1. The van der Waals surface area contributed by atoms with E-state index in [0.717, 1.165) is 25.3 Å². The minimum atomic E-state index is -3.80. The number of nitrogens with one attached hydrogen (secondary N) is 2. The molecule has 0 bridgehead atoms. The maximum absolute atomic E-state index is 12.3. The van der Waals surface area contributed by atoms with Crippen LogP contribution in [-0.4, -0.2) is 32.6 Å². The van der Waals surface area contributed by atoms with Crippen LogP contribution in [0.3, 0.4) is 0 Å². The van der Waals surface area contributed by atoms with Crippen LogP contribution in [0.1, 0.15) is 36.5 Å². The maximum atomic E-state index is 12.3. The predicted molar refractivity (Wildman–Crippen MR) is 86.8 cm³/mol. The van der Waals surface area contributed by atoms with E-state index in [9.17, 15) is 13.2 Å². The van der Waals surface area contributed by atoms with Crippen molar-refractivity contribution in [3.63, 3.8) is 0 Å². The molecule has 0 atom stereocenters. The molecule has 0 aliphatic rings. The number of carboxylic acids is 1. The predicted octanol–water partition coefficient (Wildman–Crippen LogP) is 2.45. The molecule has 0 amide bonds. The summed E-state index contributed by atoms with van der Waals surface area (Å²) in [7, 11) is -3.80. The van der Waals surface area contributed by atoms with Crippen LogP contribution in [0.4, 0.5) is 5.69 Å². The largest absolute Gasteiger partial charge is 0.478 e. The van der Waals surface area contributed by atoms with Crippen LogP contribution in [0.5, 0.6) is 0 Å². The van der Waals surface area contributed by atoms with Gasteiger partial charge in [-0.3, -0.25) is 0 Å². The molecule has 1 aromatic carbocycles. The number of unbranched alkanes of at least 4 members (excludes halogenated alkanes) is 2. The van der Waals surface area contributed by atoms with E-state index in [4.69, 9.17) is 5.11 Å². The fraction of sp³-hybridized carbons (Fsp3) is 0.400. The minimum absolute atomic E-state index is 0.0641. The first-order valence-corrected chi connectivity index (χ1v) is 8.62. The summed E-state index contributed by atoms with van der Waals surface area (Å²) in [6.07, 6.45) is 4.44. The van der Waals surface area contributed by atoms with Crippen LogP contribution in [0.25, 0.3) is 0 Å². The van der Waals surface area contributed by atoms with Crippen molar-refractivity contribution in [2.45, 2.75) is 31.1 Å². The van der Waals surface area contributed by atoms with Crippen molar-refractivity contribution in [3.8, 4) is 0 Å². The first-order chi connectivity index (χ1) is 10.4. The molecule has 0 aliphatic heterocycles. The number of carboxylic acid groups (broad SMARTS) is 1. The summed E-state index contributed by atoms with van der Waals surface area (Å²) < 4.78 is 26.9. The highest BCUT2D eigenvalue weighted by atomic mass is 32.2. The second-order valence-corrected chi connectivity index (χ2v) is 6.53. The second kappa shape index (κ2) is 8.55. The van der Waals surface area contributed by atoms with Gasteiger partial charge in [0.25, 0.3) is 0 Å². The van der Waals surface area contributed by atoms with Gasteiger partial charge in [0, 0.05) is 13.1 Å². The molecule has 0 fully saturated rings. The Balaban J connectivity index is 3.09. The molecule has 0 spiro atoms. The molecule has 0 heterocycles.